The Bertz CT molecular complexity index is 1030. The lowest BCUT2D eigenvalue weighted by molar-refractivity contribution is -0.130. The second-order valence-corrected chi connectivity index (χ2v) is 8.99. The van der Waals surface area contributed by atoms with Crippen LogP contribution in [-0.4, -0.2) is 69.4 Å². The van der Waals surface area contributed by atoms with Gasteiger partial charge in [-0.05, 0) is 35.7 Å². The molecule has 0 saturated carbocycles. The molecule has 1 aromatic carbocycles. The molecule has 1 aliphatic rings. The van der Waals surface area contributed by atoms with Crippen LogP contribution in [-0.2, 0) is 16.1 Å². The molecule has 1 fully saturated rings. The van der Waals surface area contributed by atoms with Gasteiger partial charge in [0.2, 0.25) is 23.5 Å². The second kappa shape index (κ2) is 10.7. The number of hydrogen-bond donors (Lipinski definition) is 1. The fourth-order valence-corrected chi connectivity index (χ4v) is 4.58. The fraction of sp³-hybridized carbons (Fsp3) is 0.333. The Labute approximate surface area is 192 Å². The Morgan fingerprint density at radius 3 is 2.62 bits per heavy atom. The zero-order valence-corrected chi connectivity index (χ0v) is 18.8. The Hall–Kier alpha value is -2.76. The maximum absolute atomic E-state index is 12.9. The molecule has 11 heteroatoms. The van der Waals surface area contributed by atoms with E-state index in [2.05, 4.69) is 20.4 Å². The average Bonchev–Trinajstić information content (AvgIpc) is 3.48. The number of nitrogens with one attached hydrogen (secondary N) is 1. The van der Waals surface area contributed by atoms with Crippen LogP contribution in [0.25, 0.3) is 11.4 Å². The minimum atomic E-state index is -0.358. The van der Waals surface area contributed by atoms with Gasteiger partial charge >= 0.3 is 0 Å². The van der Waals surface area contributed by atoms with Gasteiger partial charge in [-0.15, -0.1) is 11.8 Å². The van der Waals surface area contributed by atoms with E-state index in [1.807, 2.05) is 21.7 Å². The molecule has 0 radical (unpaired) electrons. The van der Waals surface area contributed by atoms with Gasteiger partial charge in [0.1, 0.15) is 5.82 Å². The van der Waals surface area contributed by atoms with Crippen molar-refractivity contribution in [2.75, 3.05) is 43.0 Å². The lowest BCUT2D eigenvalue weighted by atomic mass is 10.3. The van der Waals surface area contributed by atoms with E-state index in [0.717, 1.165) is 18.7 Å². The molecular weight excluding hydrogens is 453 g/mol. The number of nitrogens with zero attached hydrogens (tertiary/aromatic N) is 4. The first-order valence-electron chi connectivity index (χ1n) is 10.1. The van der Waals surface area contributed by atoms with Crippen molar-refractivity contribution < 1.29 is 18.5 Å². The van der Waals surface area contributed by atoms with Gasteiger partial charge in [0.05, 0.1) is 18.1 Å². The maximum atomic E-state index is 12.9. The van der Waals surface area contributed by atoms with Gasteiger partial charge in [0.15, 0.2) is 0 Å². The first kappa shape index (κ1) is 22.4. The largest absolute Gasteiger partial charge is 0.339 e. The van der Waals surface area contributed by atoms with Crippen molar-refractivity contribution in [3.05, 3.63) is 52.8 Å². The normalized spacial score (nSPS) is 14.5. The van der Waals surface area contributed by atoms with Crippen LogP contribution in [0.1, 0.15) is 5.89 Å². The molecular formula is C21H22FN5O3S2. The number of aromatic nitrogens is 2. The topological polar surface area (TPSA) is 91.6 Å². The van der Waals surface area contributed by atoms with Crippen molar-refractivity contribution in [2.45, 2.75) is 6.54 Å². The van der Waals surface area contributed by atoms with Crippen LogP contribution in [0.15, 0.2) is 45.6 Å². The van der Waals surface area contributed by atoms with Crippen LogP contribution in [0.3, 0.4) is 0 Å². The average molecular weight is 476 g/mol. The van der Waals surface area contributed by atoms with Crippen LogP contribution in [0.2, 0.25) is 0 Å². The highest BCUT2D eigenvalue weighted by Crippen LogP contribution is 2.19. The number of halogens is 1. The molecule has 1 aliphatic heterocycles. The van der Waals surface area contributed by atoms with Gasteiger partial charge in [0, 0.05) is 42.8 Å². The molecule has 0 aliphatic carbocycles. The van der Waals surface area contributed by atoms with Crippen LogP contribution in [0, 0.1) is 5.82 Å². The molecule has 0 bridgehead atoms. The second-order valence-electron chi connectivity index (χ2n) is 7.23. The number of thiophene rings is 1. The van der Waals surface area contributed by atoms with E-state index in [-0.39, 0.29) is 29.1 Å². The number of amides is 2. The summed E-state index contributed by atoms with van der Waals surface area (Å²) in [5, 5.41) is 10.7. The number of carbonyl (C=O) groups excluding carboxylic acids is 2. The Morgan fingerprint density at radius 1 is 1.12 bits per heavy atom. The van der Waals surface area contributed by atoms with Crippen LogP contribution in [0.4, 0.5) is 10.1 Å². The molecule has 0 unspecified atom stereocenters. The fourth-order valence-electron chi connectivity index (χ4n) is 3.23. The maximum Gasteiger partial charge on any atom is 0.241 e. The summed E-state index contributed by atoms with van der Waals surface area (Å²) in [5.41, 5.74) is 1.48. The monoisotopic (exact) mass is 475 g/mol. The zero-order valence-electron chi connectivity index (χ0n) is 17.2. The summed E-state index contributed by atoms with van der Waals surface area (Å²) in [7, 11) is 0. The van der Waals surface area contributed by atoms with Crippen LogP contribution < -0.4 is 5.32 Å². The van der Waals surface area contributed by atoms with E-state index in [0.29, 0.717) is 37.0 Å². The quantitative estimate of drug-likeness (QED) is 0.536. The molecule has 4 rings (SSSR count). The molecule has 168 valence electrons. The highest BCUT2D eigenvalue weighted by atomic mass is 32.2. The number of benzene rings is 1. The van der Waals surface area contributed by atoms with Crippen molar-refractivity contribution in [3.63, 3.8) is 0 Å². The predicted octanol–water partition coefficient (Wildman–Crippen LogP) is 2.95. The van der Waals surface area contributed by atoms with E-state index in [1.165, 1.54) is 36.0 Å². The molecule has 2 aromatic heterocycles. The van der Waals surface area contributed by atoms with Crippen LogP contribution >= 0.6 is 23.1 Å². The van der Waals surface area contributed by atoms with Gasteiger partial charge in [-0.1, -0.05) is 5.16 Å². The Balaban J connectivity index is 1.14. The van der Waals surface area contributed by atoms with E-state index in [4.69, 9.17) is 4.52 Å². The van der Waals surface area contributed by atoms with Gasteiger partial charge in [0.25, 0.3) is 0 Å². The number of anilines is 1. The Kier molecular flexibility index (Phi) is 7.51. The van der Waals surface area contributed by atoms with Crippen molar-refractivity contribution in [2.24, 2.45) is 0 Å². The zero-order chi connectivity index (χ0) is 22.3. The lowest BCUT2D eigenvalue weighted by Gasteiger charge is -2.33. The molecule has 8 nitrogen and oxygen atoms in total. The molecule has 1 N–H and O–H groups in total. The summed E-state index contributed by atoms with van der Waals surface area (Å²) in [6, 6.07) is 7.52. The standard InChI is InChI=1S/C21H22FN5O3S2/c22-16-1-3-17(4-2-16)23-18(28)13-32-14-20(29)27-8-6-26(7-9-27)11-19-24-21(25-30-19)15-5-10-31-12-15/h1-5,10,12H,6-9,11,13-14H2,(H,23,28). The molecule has 0 spiro atoms. The smallest absolute Gasteiger partial charge is 0.241 e. The summed E-state index contributed by atoms with van der Waals surface area (Å²) in [6.07, 6.45) is 0. The van der Waals surface area contributed by atoms with Crippen molar-refractivity contribution in [1.29, 1.82) is 0 Å². The van der Waals surface area contributed by atoms with Crippen molar-refractivity contribution in [1.82, 2.24) is 19.9 Å². The number of thioether (sulfide) groups is 1. The first-order valence-corrected chi connectivity index (χ1v) is 12.1. The summed E-state index contributed by atoms with van der Waals surface area (Å²) < 4.78 is 18.3. The minimum absolute atomic E-state index is 0.0155. The minimum Gasteiger partial charge on any atom is -0.339 e. The van der Waals surface area contributed by atoms with Crippen molar-refractivity contribution >= 4 is 40.6 Å². The van der Waals surface area contributed by atoms with E-state index in [9.17, 15) is 14.0 Å². The predicted molar refractivity (Wildman–Crippen MR) is 122 cm³/mol. The summed E-state index contributed by atoms with van der Waals surface area (Å²) in [4.78, 5) is 32.8. The third-order valence-corrected chi connectivity index (χ3v) is 6.52. The third kappa shape index (κ3) is 6.15. The molecule has 3 aromatic rings. The molecule has 1 saturated heterocycles. The Morgan fingerprint density at radius 2 is 1.91 bits per heavy atom. The van der Waals surface area contributed by atoms with Gasteiger partial charge < -0.3 is 14.7 Å². The highest BCUT2D eigenvalue weighted by molar-refractivity contribution is 8.00. The SMILES string of the molecule is O=C(CSCC(=O)N1CCN(Cc2nc(-c3ccsc3)no2)CC1)Nc1ccc(F)cc1. The number of rotatable bonds is 8. The molecule has 3 heterocycles. The molecule has 0 atom stereocenters. The number of piperazine rings is 1. The van der Waals surface area contributed by atoms with E-state index >= 15 is 0 Å². The van der Waals surface area contributed by atoms with Gasteiger partial charge in [-0.3, -0.25) is 14.5 Å². The van der Waals surface area contributed by atoms with Crippen LogP contribution in [0.5, 0.6) is 0 Å². The van der Waals surface area contributed by atoms with Gasteiger partial charge in [-0.2, -0.15) is 16.3 Å². The first-order chi connectivity index (χ1) is 15.6. The van der Waals surface area contributed by atoms with E-state index in [1.54, 1.807) is 11.3 Å². The van der Waals surface area contributed by atoms with E-state index < -0.39 is 0 Å². The van der Waals surface area contributed by atoms with Gasteiger partial charge in [-0.25, -0.2) is 4.39 Å². The summed E-state index contributed by atoms with van der Waals surface area (Å²) >= 11 is 2.85. The number of carbonyl (C=O) groups is 2. The van der Waals surface area contributed by atoms with Crippen molar-refractivity contribution in [3.8, 4) is 11.4 Å². The summed E-state index contributed by atoms with van der Waals surface area (Å²) in [5.74, 6) is 0.992. The molecule has 2 amide bonds. The molecule has 32 heavy (non-hydrogen) atoms. The summed E-state index contributed by atoms with van der Waals surface area (Å²) in [6.45, 7) is 3.23. The highest BCUT2D eigenvalue weighted by Gasteiger charge is 2.23. The number of hydrogen-bond acceptors (Lipinski definition) is 8. The lowest BCUT2D eigenvalue weighted by Crippen LogP contribution is -2.48. The third-order valence-electron chi connectivity index (χ3n) is 4.92.